The van der Waals surface area contributed by atoms with Crippen LogP contribution < -0.4 is 15.2 Å². The molecule has 236 valence electrons. The Bertz CT molecular complexity index is 1080. The van der Waals surface area contributed by atoms with Crippen molar-refractivity contribution in [3.63, 3.8) is 0 Å². The van der Waals surface area contributed by atoms with Gasteiger partial charge in [0.25, 0.3) is 0 Å². The van der Waals surface area contributed by atoms with Gasteiger partial charge in [0.1, 0.15) is 18.2 Å². The molecule has 1 aliphatic carbocycles. The molecule has 10 heteroatoms. The summed E-state index contributed by atoms with van der Waals surface area (Å²) < 4.78 is 22.4. The highest BCUT2D eigenvalue weighted by Crippen LogP contribution is 2.38. The largest absolute Gasteiger partial charge is 0.508 e. The van der Waals surface area contributed by atoms with Crippen LogP contribution >= 0.6 is 0 Å². The molecular weight excluding hydrogens is 542 g/mol. The summed E-state index contributed by atoms with van der Waals surface area (Å²) in [5.74, 6) is -4.54. The average molecular weight is 592 g/mol. The van der Waals surface area contributed by atoms with Crippen molar-refractivity contribution in [3.8, 4) is 11.5 Å². The third kappa shape index (κ3) is 9.71. The monoisotopic (exact) mass is 591 g/mol. The van der Waals surface area contributed by atoms with Gasteiger partial charge >= 0.3 is 24.1 Å². The summed E-state index contributed by atoms with van der Waals surface area (Å²) in [4.78, 5) is 50.3. The zero-order valence-electron chi connectivity index (χ0n) is 26.3. The number of carboxylic acids is 1. The summed E-state index contributed by atoms with van der Waals surface area (Å²) in [5, 5.41) is 9.87. The van der Waals surface area contributed by atoms with Crippen molar-refractivity contribution in [3.05, 3.63) is 23.8 Å². The SMILES string of the molecule is CC(C)C(C)C(=O)Oc1ccc(C(C(C)C(C)OC(=O)OC2CCCCC2)[C@H](N)C(=O)O)cc1OC(=O)C(C)C(C)C. The van der Waals surface area contributed by atoms with Crippen LogP contribution in [0.5, 0.6) is 11.5 Å². The molecule has 0 heterocycles. The van der Waals surface area contributed by atoms with Crippen LogP contribution in [0.4, 0.5) is 4.79 Å². The molecule has 1 aromatic rings. The first kappa shape index (κ1) is 35.1. The first-order valence-corrected chi connectivity index (χ1v) is 15.1. The third-order valence-electron chi connectivity index (χ3n) is 8.59. The Morgan fingerprint density at radius 2 is 1.33 bits per heavy atom. The lowest BCUT2D eigenvalue weighted by Crippen LogP contribution is -2.43. The summed E-state index contributed by atoms with van der Waals surface area (Å²) in [6.07, 6.45) is 2.92. The van der Waals surface area contributed by atoms with E-state index in [2.05, 4.69) is 0 Å². The minimum Gasteiger partial charge on any atom is -0.480 e. The quantitative estimate of drug-likeness (QED) is 0.204. The van der Waals surface area contributed by atoms with Crippen LogP contribution in [0.1, 0.15) is 99.0 Å². The summed E-state index contributed by atoms with van der Waals surface area (Å²) in [6.45, 7) is 14.4. The van der Waals surface area contributed by atoms with E-state index in [9.17, 15) is 24.3 Å². The second-order valence-electron chi connectivity index (χ2n) is 12.3. The highest BCUT2D eigenvalue weighted by atomic mass is 16.7. The van der Waals surface area contributed by atoms with Crippen molar-refractivity contribution in [1.29, 1.82) is 0 Å². The lowest BCUT2D eigenvalue weighted by Gasteiger charge is -2.32. The first-order valence-electron chi connectivity index (χ1n) is 15.1. The van der Waals surface area contributed by atoms with Crippen LogP contribution in [0.25, 0.3) is 0 Å². The molecule has 5 unspecified atom stereocenters. The molecule has 0 aromatic heterocycles. The fourth-order valence-corrected chi connectivity index (χ4v) is 4.73. The van der Waals surface area contributed by atoms with Crippen LogP contribution in [0.3, 0.4) is 0 Å². The van der Waals surface area contributed by atoms with Crippen molar-refractivity contribution in [2.75, 3.05) is 0 Å². The predicted molar refractivity (Wildman–Crippen MR) is 157 cm³/mol. The number of benzene rings is 1. The van der Waals surface area contributed by atoms with Crippen LogP contribution in [-0.4, -0.2) is 47.4 Å². The Morgan fingerprint density at radius 3 is 1.83 bits per heavy atom. The van der Waals surface area contributed by atoms with Crippen molar-refractivity contribution < 1.29 is 43.2 Å². The van der Waals surface area contributed by atoms with Gasteiger partial charge in [0.2, 0.25) is 0 Å². The molecule has 3 N–H and O–H groups in total. The highest BCUT2D eigenvalue weighted by molar-refractivity contribution is 5.79. The molecule has 0 radical (unpaired) electrons. The molecule has 0 saturated heterocycles. The van der Waals surface area contributed by atoms with E-state index in [0.717, 1.165) is 32.1 Å². The molecule has 0 bridgehead atoms. The molecule has 6 atom stereocenters. The van der Waals surface area contributed by atoms with Gasteiger partial charge in [-0.15, -0.1) is 0 Å². The zero-order chi connectivity index (χ0) is 31.7. The number of carboxylic acid groups (broad SMARTS) is 1. The maximum atomic E-state index is 12.9. The lowest BCUT2D eigenvalue weighted by molar-refractivity contribution is -0.142. The Kier molecular flexibility index (Phi) is 13.3. The second kappa shape index (κ2) is 15.9. The lowest BCUT2D eigenvalue weighted by atomic mass is 9.79. The molecule has 10 nitrogen and oxygen atoms in total. The fraction of sp³-hybridized carbons (Fsp3) is 0.688. The second-order valence-corrected chi connectivity index (χ2v) is 12.3. The van der Waals surface area contributed by atoms with Gasteiger partial charge in [0.15, 0.2) is 11.5 Å². The fourth-order valence-electron chi connectivity index (χ4n) is 4.73. The van der Waals surface area contributed by atoms with Crippen LogP contribution in [0, 0.1) is 29.6 Å². The number of aliphatic carboxylic acids is 1. The van der Waals surface area contributed by atoms with Crippen LogP contribution in [0.15, 0.2) is 18.2 Å². The Labute approximate surface area is 249 Å². The number of carbonyl (C=O) groups excluding carboxylic acids is 3. The smallest absolute Gasteiger partial charge is 0.480 e. The van der Waals surface area contributed by atoms with Crippen LogP contribution in [0.2, 0.25) is 0 Å². The van der Waals surface area contributed by atoms with E-state index in [0.29, 0.717) is 5.56 Å². The number of hydrogen-bond acceptors (Lipinski definition) is 9. The summed E-state index contributed by atoms with van der Waals surface area (Å²) in [7, 11) is 0. The summed E-state index contributed by atoms with van der Waals surface area (Å²) in [5.41, 5.74) is 6.60. The number of esters is 2. The molecule has 2 rings (SSSR count). The number of ether oxygens (including phenoxy) is 4. The van der Waals surface area contributed by atoms with E-state index in [1.54, 1.807) is 33.8 Å². The van der Waals surface area contributed by atoms with Gasteiger partial charge in [-0.3, -0.25) is 14.4 Å². The van der Waals surface area contributed by atoms with Gasteiger partial charge in [-0.25, -0.2) is 4.79 Å². The van der Waals surface area contributed by atoms with E-state index >= 15 is 0 Å². The first-order chi connectivity index (χ1) is 19.6. The number of nitrogens with two attached hydrogens (primary N) is 1. The van der Waals surface area contributed by atoms with Crippen molar-refractivity contribution in [2.24, 2.45) is 35.3 Å². The molecule has 1 fully saturated rings. The van der Waals surface area contributed by atoms with Crippen molar-refractivity contribution in [1.82, 2.24) is 0 Å². The summed E-state index contributed by atoms with van der Waals surface area (Å²) >= 11 is 0. The van der Waals surface area contributed by atoms with Crippen molar-refractivity contribution in [2.45, 2.75) is 112 Å². The maximum absolute atomic E-state index is 12.9. The van der Waals surface area contributed by atoms with E-state index in [1.807, 2.05) is 27.7 Å². The zero-order valence-corrected chi connectivity index (χ0v) is 26.3. The Hall–Kier alpha value is -3.14. The van der Waals surface area contributed by atoms with E-state index < -0.39 is 59.9 Å². The molecule has 1 aliphatic rings. The standard InChI is InChI=1S/C32H49NO9/c1-17(2)19(5)30(36)41-25-15-14-23(16-26(25)42-31(37)20(6)18(3)4)27(28(33)29(34)35)21(7)22(8)39-32(38)40-24-12-10-9-11-13-24/h14-22,24,27-28H,9-13,33H2,1-8H3,(H,34,35)/t19?,20?,21?,22?,27?,28-/m0/s1. The predicted octanol–water partition coefficient (Wildman–Crippen LogP) is 6.09. The molecule has 42 heavy (non-hydrogen) atoms. The molecular formula is C32H49NO9. The minimum absolute atomic E-state index is 0.00721. The highest BCUT2D eigenvalue weighted by Gasteiger charge is 2.36. The van der Waals surface area contributed by atoms with E-state index in [4.69, 9.17) is 24.7 Å². The van der Waals surface area contributed by atoms with E-state index in [1.165, 1.54) is 12.1 Å². The molecule has 0 amide bonds. The van der Waals surface area contributed by atoms with Gasteiger partial charge < -0.3 is 29.8 Å². The molecule has 0 aliphatic heterocycles. The minimum atomic E-state index is -1.38. The third-order valence-corrected chi connectivity index (χ3v) is 8.59. The van der Waals surface area contributed by atoms with Gasteiger partial charge in [-0.05, 0) is 62.1 Å². The Morgan fingerprint density at radius 1 is 0.810 bits per heavy atom. The van der Waals surface area contributed by atoms with Gasteiger partial charge in [0, 0.05) is 11.8 Å². The van der Waals surface area contributed by atoms with Gasteiger partial charge in [0.05, 0.1) is 11.8 Å². The number of carbonyl (C=O) groups is 4. The van der Waals surface area contributed by atoms with Crippen LogP contribution in [-0.2, 0) is 23.9 Å². The maximum Gasteiger partial charge on any atom is 0.508 e. The Balaban J connectivity index is 2.41. The number of hydrogen-bond donors (Lipinski definition) is 2. The molecule has 1 saturated carbocycles. The normalized spacial score (nSPS) is 18.4. The van der Waals surface area contributed by atoms with Gasteiger partial charge in [-0.1, -0.05) is 61.0 Å². The topological polar surface area (TPSA) is 151 Å². The molecule has 0 spiro atoms. The van der Waals surface area contributed by atoms with Crippen molar-refractivity contribution >= 4 is 24.1 Å². The summed E-state index contributed by atoms with van der Waals surface area (Å²) in [6, 6.07) is 3.15. The number of rotatable bonds is 13. The van der Waals surface area contributed by atoms with E-state index in [-0.39, 0.29) is 29.4 Å². The average Bonchev–Trinajstić information content (AvgIpc) is 2.93. The van der Waals surface area contributed by atoms with Gasteiger partial charge in [-0.2, -0.15) is 0 Å². The molecule has 1 aromatic carbocycles.